The number of aromatic nitrogens is 2. The molecule has 0 atom stereocenters. The molecular formula is C6H9N3S2. The van der Waals surface area contributed by atoms with Crippen molar-refractivity contribution in [1.82, 2.24) is 9.36 Å². The molecule has 1 aromatic heterocycles. The molecule has 1 aliphatic heterocycles. The van der Waals surface area contributed by atoms with Crippen LogP contribution in [0.1, 0.15) is 0 Å². The number of hydrogen-bond donors (Lipinski definition) is 0. The summed E-state index contributed by atoms with van der Waals surface area (Å²) in [5.41, 5.74) is 0. The molecule has 0 saturated carbocycles. The molecule has 3 nitrogen and oxygen atoms in total. The molecule has 0 spiro atoms. The lowest BCUT2D eigenvalue weighted by Crippen LogP contribution is -2.32. The van der Waals surface area contributed by atoms with Crippen LogP contribution in [-0.2, 0) is 0 Å². The lowest BCUT2D eigenvalue weighted by atomic mass is 10.5. The van der Waals surface area contributed by atoms with Crippen molar-refractivity contribution in [2.24, 2.45) is 0 Å². The maximum atomic E-state index is 4.16. The fourth-order valence-electron chi connectivity index (χ4n) is 1.06. The first-order chi connectivity index (χ1) is 5.47. The van der Waals surface area contributed by atoms with Crippen molar-refractivity contribution >= 4 is 28.4 Å². The highest BCUT2D eigenvalue weighted by Gasteiger charge is 2.12. The van der Waals surface area contributed by atoms with E-state index in [9.17, 15) is 0 Å². The van der Waals surface area contributed by atoms with Crippen LogP contribution in [0.2, 0.25) is 0 Å². The van der Waals surface area contributed by atoms with Crippen LogP contribution in [0, 0.1) is 0 Å². The maximum Gasteiger partial charge on any atom is 0.204 e. The normalized spacial score (nSPS) is 18.7. The Morgan fingerprint density at radius 2 is 2.18 bits per heavy atom. The van der Waals surface area contributed by atoms with Gasteiger partial charge in [0.25, 0.3) is 0 Å². The van der Waals surface area contributed by atoms with Crippen molar-refractivity contribution in [2.45, 2.75) is 0 Å². The fourth-order valence-corrected chi connectivity index (χ4v) is 2.55. The monoisotopic (exact) mass is 187 g/mol. The first kappa shape index (κ1) is 7.36. The SMILES string of the molecule is c1nsc(N2CCSCC2)n1. The third kappa shape index (κ3) is 1.65. The second kappa shape index (κ2) is 3.40. The molecule has 60 valence electrons. The maximum absolute atomic E-state index is 4.16. The van der Waals surface area contributed by atoms with E-state index in [0.717, 1.165) is 18.2 Å². The number of anilines is 1. The van der Waals surface area contributed by atoms with Crippen LogP contribution in [0.3, 0.4) is 0 Å². The molecular weight excluding hydrogens is 178 g/mol. The Hall–Kier alpha value is -0.290. The van der Waals surface area contributed by atoms with E-state index in [4.69, 9.17) is 0 Å². The van der Waals surface area contributed by atoms with E-state index in [1.165, 1.54) is 23.0 Å². The smallest absolute Gasteiger partial charge is 0.204 e. The van der Waals surface area contributed by atoms with Crippen LogP contribution in [0.25, 0.3) is 0 Å². The van der Waals surface area contributed by atoms with Gasteiger partial charge in [0, 0.05) is 36.1 Å². The number of hydrogen-bond acceptors (Lipinski definition) is 5. The molecule has 1 aliphatic rings. The highest BCUT2D eigenvalue weighted by atomic mass is 32.2. The molecule has 11 heavy (non-hydrogen) atoms. The minimum Gasteiger partial charge on any atom is -0.345 e. The third-order valence-electron chi connectivity index (χ3n) is 1.63. The van der Waals surface area contributed by atoms with Gasteiger partial charge in [0.05, 0.1) is 0 Å². The second-order valence-electron chi connectivity index (χ2n) is 2.32. The van der Waals surface area contributed by atoms with Crippen LogP contribution in [0.5, 0.6) is 0 Å². The highest BCUT2D eigenvalue weighted by Crippen LogP contribution is 2.19. The van der Waals surface area contributed by atoms with E-state index in [1.54, 1.807) is 6.33 Å². The summed E-state index contributed by atoms with van der Waals surface area (Å²) in [4.78, 5) is 6.46. The van der Waals surface area contributed by atoms with E-state index in [0.29, 0.717) is 0 Å². The Kier molecular flexibility index (Phi) is 2.28. The van der Waals surface area contributed by atoms with E-state index in [-0.39, 0.29) is 0 Å². The van der Waals surface area contributed by atoms with E-state index < -0.39 is 0 Å². The summed E-state index contributed by atoms with van der Waals surface area (Å²) in [5.74, 6) is 2.44. The predicted octanol–water partition coefficient (Wildman–Crippen LogP) is 1.09. The first-order valence-electron chi connectivity index (χ1n) is 3.56. The van der Waals surface area contributed by atoms with Gasteiger partial charge in [0.1, 0.15) is 6.33 Å². The van der Waals surface area contributed by atoms with E-state index >= 15 is 0 Å². The molecule has 0 N–H and O–H groups in total. The molecule has 2 rings (SSSR count). The summed E-state index contributed by atoms with van der Waals surface area (Å²) in [6.45, 7) is 2.25. The molecule has 0 bridgehead atoms. The molecule has 0 radical (unpaired) electrons. The van der Waals surface area contributed by atoms with Gasteiger partial charge in [0.15, 0.2) is 0 Å². The van der Waals surface area contributed by atoms with Gasteiger partial charge in [-0.1, -0.05) is 0 Å². The summed E-state index contributed by atoms with van der Waals surface area (Å²) in [6.07, 6.45) is 1.63. The van der Waals surface area contributed by atoms with Crippen molar-refractivity contribution in [3.8, 4) is 0 Å². The summed E-state index contributed by atoms with van der Waals surface area (Å²) in [7, 11) is 0. The molecule has 2 heterocycles. The van der Waals surface area contributed by atoms with Crippen molar-refractivity contribution in [1.29, 1.82) is 0 Å². The Morgan fingerprint density at radius 3 is 2.82 bits per heavy atom. The van der Waals surface area contributed by atoms with Gasteiger partial charge < -0.3 is 4.90 Å². The zero-order chi connectivity index (χ0) is 7.52. The van der Waals surface area contributed by atoms with Gasteiger partial charge in [-0.2, -0.15) is 16.1 Å². The zero-order valence-electron chi connectivity index (χ0n) is 6.06. The van der Waals surface area contributed by atoms with Gasteiger partial charge in [-0.15, -0.1) is 0 Å². The highest BCUT2D eigenvalue weighted by molar-refractivity contribution is 7.99. The molecule has 0 unspecified atom stereocenters. The van der Waals surface area contributed by atoms with Crippen LogP contribution in [0.15, 0.2) is 6.33 Å². The average Bonchev–Trinajstić information content (AvgIpc) is 2.58. The summed E-state index contributed by atoms with van der Waals surface area (Å²) >= 11 is 3.50. The molecule has 0 aliphatic carbocycles. The number of nitrogens with zero attached hydrogens (tertiary/aromatic N) is 3. The van der Waals surface area contributed by atoms with Gasteiger partial charge in [-0.05, 0) is 0 Å². The lowest BCUT2D eigenvalue weighted by Gasteiger charge is -2.24. The van der Waals surface area contributed by atoms with E-state index in [2.05, 4.69) is 14.3 Å². The standard InChI is InChI=1S/C6H9N3S2/c1-3-10-4-2-9(1)6-7-5-8-11-6/h5H,1-4H2. The summed E-state index contributed by atoms with van der Waals surface area (Å²) < 4.78 is 3.98. The van der Waals surface area contributed by atoms with Crippen LogP contribution >= 0.6 is 23.3 Å². The molecule has 0 amide bonds. The molecule has 1 aromatic rings. The Balaban J connectivity index is 2.04. The topological polar surface area (TPSA) is 29.0 Å². The summed E-state index contributed by atoms with van der Waals surface area (Å²) in [6, 6.07) is 0. The number of rotatable bonds is 1. The van der Waals surface area contributed by atoms with Crippen LogP contribution < -0.4 is 4.90 Å². The zero-order valence-corrected chi connectivity index (χ0v) is 7.70. The van der Waals surface area contributed by atoms with Crippen LogP contribution in [-0.4, -0.2) is 34.0 Å². The van der Waals surface area contributed by atoms with Gasteiger partial charge in [0.2, 0.25) is 5.13 Å². The van der Waals surface area contributed by atoms with Gasteiger partial charge >= 0.3 is 0 Å². The van der Waals surface area contributed by atoms with Gasteiger partial charge in [-0.3, -0.25) is 0 Å². The van der Waals surface area contributed by atoms with Crippen molar-refractivity contribution in [3.05, 3.63) is 6.33 Å². The largest absolute Gasteiger partial charge is 0.345 e. The average molecular weight is 187 g/mol. The molecule has 5 heteroatoms. The van der Waals surface area contributed by atoms with Crippen LogP contribution in [0.4, 0.5) is 5.13 Å². The van der Waals surface area contributed by atoms with Gasteiger partial charge in [-0.25, -0.2) is 4.98 Å². The van der Waals surface area contributed by atoms with Crippen molar-refractivity contribution in [3.63, 3.8) is 0 Å². The van der Waals surface area contributed by atoms with Crippen molar-refractivity contribution < 1.29 is 0 Å². The Bertz CT molecular complexity index is 206. The Morgan fingerprint density at radius 1 is 1.36 bits per heavy atom. The second-order valence-corrected chi connectivity index (χ2v) is 4.31. The third-order valence-corrected chi connectivity index (χ3v) is 3.30. The quantitative estimate of drug-likeness (QED) is 0.658. The molecule has 1 fully saturated rings. The first-order valence-corrected chi connectivity index (χ1v) is 5.49. The molecule has 0 aromatic carbocycles. The predicted molar refractivity (Wildman–Crippen MR) is 49.4 cm³/mol. The minimum absolute atomic E-state index is 1.07. The lowest BCUT2D eigenvalue weighted by molar-refractivity contribution is 0.852. The Labute approximate surface area is 74.0 Å². The summed E-state index contributed by atoms with van der Waals surface area (Å²) in [5, 5.41) is 1.07. The fraction of sp³-hybridized carbons (Fsp3) is 0.667. The minimum atomic E-state index is 1.07. The molecule has 1 saturated heterocycles. The van der Waals surface area contributed by atoms with E-state index in [1.807, 2.05) is 11.8 Å². The van der Waals surface area contributed by atoms with Crippen molar-refractivity contribution in [2.75, 3.05) is 29.5 Å². The number of thioether (sulfide) groups is 1.